The van der Waals surface area contributed by atoms with Crippen molar-refractivity contribution in [3.63, 3.8) is 0 Å². The van der Waals surface area contributed by atoms with Crippen LogP contribution in [0.4, 0.5) is 0 Å². The zero-order chi connectivity index (χ0) is 13.8. The third kappa shape index (κ3) is 4.59. The fraction of sp³-hybridized carbons (Fsp3) is 0.786. The number of nitrogens with zero attached hydrogens (tertiary/aromatic N) is 3. The first kappa shape index (κ1) is 14.9. The average Bonchev–Trinajstić information content (AvgIpc) is 2.63. The maximum Gasteiger partial charge on any atom is 0.138 e. The van der Waals surface area contributed by atoms with E-state index in [1.165, 1.54) is 0 Å². The van der Waals surface area contributed by atoms with Gasteiger partial charge in [0, 0.05) is 24.8 Å². The molecule has 0 saturated heterocycles. The molecule has 0 fully saturated rings. The Morgan fingerprint density at radius 2 is 2.06 bits per heavy atom. The van der Waals surface area contributed by atoms with Crippen molar-refractivity contribution in [2.75, 3.05) is 0 Å². The Kier molecular flexibility index (Phi) is 5.05. The van der Waals surface area contributed by atoms with Crippen LogP contribution < -0.4 is 0 Å². The third-order valence-electron chi connectivity index (χ3n) is 2.87. The molecule has 102 valence electrons. The van der Waals surface area contributed by atoms with E-state index in [0.29, 0.717) is 18.1 Å². The van der Waals surface area contributed by atoms with E-state index in [2.05, 4.69) is 23.9 Å². The maximum absolute atomic E-state index is 11.8. The van der Waals surface area contributed by atoms with Crippen LogP contribution in [0.3, 0.4) is 0 Å². The number of aryl methyl sites for hydroxylation is 1. The molecule has 0 atom stereocenters. The first-order valence-electron chi connectivity index (χ1n) is 6.70. The van der Waals surface area contributed by atoms with Crippen molar-refractivity contribution in [3.05, 3.63) is 12.2 Å². The summed E-state index contributed by atoms with van der Waals surface area (Å²) < 4.78 is 1.95. The number of carbonyl (C=O) groups is 1. The van der Waals surface area contributed by atoms with Gasteiger partial charge in [-0.25, -0.2) is 9.67 Å². The highest BCUT2D eigenvalue weighted by Gasteiger charge is 2.20. The summed E-state index contributed by atoms with van der Waals surface area (Å²) in [6.07, 6.45) is 3.91. The van der Waals surface area contributed by atoms with Crippen LogP contribution in [0.5, 0.6) is 0 Å². The summed E-state index contributed by atoms with van der Waals surface area (Å²) in [6.45, 7) is 11.1. The van der Waals surface area contributed by atoms with Gasteiger partial charge in [-0.05, 0) is 12.3 Å². The lowest BCUT2D eigenvalue weighted by molar-refractivity contribution is -0.126. The second-order valence-corrected chi connectivity index (χ2v) is 6.28. The van der Waals surface area contributed by atoms with Gasteiger partial charge in [0.2, 0.25) is 0 Å². The summed E-state index contributed by atoms with van der Waals surface area (Å²) in [5, 5.41) is 4.22. The summed E-state index contributed by atoms with van der Waals surface area (Å²) in [5.41, 5.74) is -0.231. The van der Waals surface area contributed by atoms with E-state index < -0.39 is 0 Å². The molecule has 0 amide bonds. The summed E-state index contributed by atoms with van der Waals surface area (Å²) in [6, 6.07) is 0. The summed E-state index contributed by atoms with van der Waals surface area (Å²) in [5.74, 6) is 1.87. The van der Waals surface area contributed by atoms with Gasteiger partial charge in [-0.1, -0.05) is 34.6 Å². The fourth-order valence-corrected chi connectivity index (χ4v) is 1.76. The molecule has 0 N–H and O–H groups in total. The van der Waals surface area contributed by atoms with E-state index in [-0.39, 0.29) is 5.41 Å². The molecule has 0 aliphatic rings. The highest BCUT2D eigenvalue weighted by atomic mass is 16.1. The number of Topliss-reactive ketones (excluding diaryl/α,β-unsaturated/α-hetero) is 1. The van der Waals surface area contributed by atoms with Crippen LogP contribution in [-0.4, -0.2) is 20.5 Å². The minimum atomic E-state index is -0.231. The molecule has 18 heavy (non-hydrogen) atoms. The normalized spacial score (nSPS) is 12.1. The molecule has 1 rings (SSSR count). The monoisotopic (exact) mass is 251 g/mol. The minimum absolute atomic E-state index is 0.231. The lowest BCUT2D eigenvalue weighted by Crippen LogP contribution is -2.20. The van der Waals surface area contributed by atoms with Crippen LogP contribution in [0.15, 0.2) is 6.33 Å². The van der Waals surface area contributed by atoms with E-state index >= 15 is 0 Å². The minimum Gasteiger partial charge on any atom is -0.299 e. The summed E-state index contributed by atoms with van der Waals surface area (Å²) in [4.78, 5) is 16.1. The molecule has 0 spiro atoms. The lowest BCUT2D eigenvalue weighted by Gasteiger charge is -2.16. The van der Waals surface area contributed by atoms with Crippen molar-refractivity contribution in [1.29, 1.82) is 0 Å². The van der Waals surface area contributed by atoms with Gasteiger partial charge in [0.1, 0.15) is 17.9 Å². The first-order valence-corrected chi connectivity index (χ1v) is 6.70. The molecule has 0 radical (unpaired) electrons. The summed E-state index contributed by atoms with van der Waals surface area (Å²) >= 11 is 0. The standard InChI is InChI=1S/C14H25N3O/c1-11(2)9-17-13(15-10-16-17)8-6-7-12(18)14(3,4)5/h10-11H,6-9H2,1-5H3. The molecule has 4 heteroatoms. The number of hydrogen-bond donors (Lipinski definition) is 0. The molecule has 1 aromatic heterocycles. The quantitative estimate of drug-likeness (QED) is 0.781. The highest BCUT2D eigenvalue weighted by Crippen LogP contribution is 2.18. The van der Waals surface area contributed by atoms with Gasteiger partial charge in [-0.3, -0.25) is 4.79 Å². The van der Waals surface area contributed by atoms with Crippen LogP contribution in [0.1, 0.15) is 53.3 Å². The predicted octanol–water partition coefficient (Wildman–Crippen LogP) is 2.87. The summed E-state index contributed by atoms with van der Waals surface area (Å²) in [7, 11) is 0. The number of rotatable bonds is 6. The molecule has 1 aromatic rings. The van der Waals surface area contributed by atoms with Gasteiger partial charge in [0.05, 0.1) is 0 Å². The van der Waals surface area contributed by atoms with Crippen LogP contribution in [0, 0.1) is 11.3 Å². The number of aromatic nitrogens is 3. The van der Waals surface area contributed by atoms with Crippen LogP contribution in [0.25, 0.3) is 0 Å². The fourth-order valence-electron chi connectivity index (χ4n) is 1.76. The Morgan fingerprint density at radius 1 is 1.39 bits per heavy atom. The van der Waals surface area contributed by atoms with Crippen LogP contribution in [0.2, 0.25) is 0 Å². The third-order valence-corrected chi connectivity index (χ3v) is 2.87. The predicted molar refractivity (Wildman–Crippen MR) is 72.3 cm³/mol. The SMILES string of the molecule is CC(C)Cn1ncnc1CCCC(=O)C(C)(C)C. The molecule has 0 aliphatic heterocycles. The zero-order valence-corrected chi connectivity index (χ0v) is 12.2. The van der Waals surface area contributed by atoms with Crippen molar-refractivity contribution in [2.45, 2.75) is 60.4 Å². The highest BCUT2D eigenvalue weighted by molar-refractivity contribution is 5.83. The van der Waals surface area contributed by atoms with E-state index in [4.69, 9.17) is 0 Å². The van der Waals surface area contributed by atoms with E-state index in [9.17, 15) is 4.79 Å². The van der Waals surface area contributed by atoms with Crippen molar-refractivity contribution < 1.29 is 4.79 Å². The topological polar surface area (TPSA) is 47.8 Å². The van der Waals surface area contributed by atoms with Crippen molar-refractivity contribution in [3.8, 4) is 0 Å². The molecular formula is C14H25N3O. The molecule has 0 bridgehead atoms. The van der Waals surface area contributed by atoms with Crippen molar-refractivity contribution >= 4 is 5.78 Å². The average molecular weight is 251 g/mol. The maximum atomic E-state index is 11.8. The molecule has 4 nitrogen and oxygen atoms in total. The van der Waals surface area contributed by atoms with Crippen LogP contribution >= 0.6 is 0 Å². The largest absolute Gasteiger partial charge is 0.299 e. The van der Waals surface area contributed by atoms with Crippen molar-refractivity contribution in [2.24, 2.45) is 11.3 Å². The molecule has 0 aromatic carbocycles. The Hall–Kier alpha value is -1.19. The van der Waals surface area contributed by atoms with E-state index in [0.717, 1.165) is 25.2 Å². The second kappa shape index (κ2) is 6.12. The molecular weight excluding hydrogens is 226 g/mol. The molecule has 0 unspecified atom stereocenters. The first-order chi connectivity index (χ1) is 8.30. The van der Waals surface area contributed by atoms with E-state index in [1.54, 1.807) is 6.33 Å². The lowest BCUT2D eigenvalue weighted by atomic mass is 9.88. The van der Waals surface area contributed by atoms with Gasteiger partial charge >= 0.3 is 0 Å². The number of hydrogen-bond acceptors (Lipinski definition) is 3. The number of carbonyl (C=O) groups excluding carboxylic acids is 1. The molecule has 0 aliphatic carbocycles. The Bertz CT molecular complexity index is 388. The van der Waals surface area contributed by atoms with Crippen molar-refractivity contribution in [1.82, 2.24) is 14.8 Å². The Morgan fingerprint density at radius 3 is 2.61 bits per heavy atom. The van der Waals surface area contributed by atoms with Gasteiger partial charge in [-0.2, -0.15) is 5.10 Å². The second-order valence-electron chi connectivity index (χ2n) is 6.28. The Balaban J connectivity index is 2.45. The van der Waals surface area contributed by atoms with Gasteiger partial charge in [-0.15, -0.1) is 0 Å². The van der Waals surface area contributed by atoms with Gasteiger partial charge in [0.25, 0.3) is 0 Å². The smallest absolute Gasteiger partial charge is 0.138 e. The molecule has 0 saturated carbocycles. The zero-order valence-electron chi connectivity index (χ0n) is 12.2. The van der Waals surface area contributed by atoms with Gasteiger partial charge < -0.3 is 0 Å². The van der Waals surface area contributed by atoms with E-state index in [1.807, 2.05) is 25.5 Å². The van der Waals surface area contributed by atoms with Crippen LogP contribution in [-0.2, 0) is 17.8 Å². The number of ketones is 1. The van der Waals surface area contributed by atoms with Gasteiger partial charge in [0.15, 0.2) is 0 Å². The molecule has 1 heterocycles. The Labute approximate surface area is 110 Å².